The number of aryl methyl sites for hydroxylation is 1. The number of benzene rings is 3. The second kappa shape index (κ2) is 13.4. The average molecular weight is 519 g/mol. The van der Waals surface area contributed by atoms with Crippen molar-refractivity contribution in [2.75, 3.05) is 43.7 Å². The van der Waals surface area contributed by atoms with E-state index in [-0.39, 0.29) is 18.4 Å². The first kappa shape index (κ1) is 26.9. The van der Waals surface area contributed by atoms with Crippen LogP contribution >= 0.6 is 0 Å². The molecule has 1 heterocycles. The van der Waals surface area contributed by atoms with E-state index in [0.717, 1.165) is 23.7 Å². The first-order valence-corrected chi connectivity index (χ1v) is 12.9. The number of carbonyl (C=O) groups is 2. The maximum absolute atomic E-state index is 12.6. The average Bonchev–Trinajstić information content (AvgIpc) is 2.95. The molecule has 0 aliphatic carbocycles. The molecule has 8 nitrogen and oxygen atoms in total. The van der Waals surface area contributed by atoms with Crippen molar-refractivity contribution in [2.45, 2.75) is 32.6 Å². The fourth-order valence-electron chi connectivity index (χ4n) is 4.08. The first-order chi connectivity index (χ1) is 18.6. The van der Waals surface area contributed by atoms with Crippen LogP contribution in [0, 0.1) is 0 Å². The minimum Gasteiger partial charge on any atom is -0.497 e. The van der Waals surface area contributed by atoms with Gasteiger partial charge in [-0.2, -0.15) is 0 Å². The van der Waals surface area contributed by atoms with Crippen LogP contribution in [0.25, 0.3) is 0 Å². The molecule has 8 heteroatoms. The van der Waals surface area contributed by atoms with Crippen molar-refractivity contribution in [3.63, 3.8) is 0 Å². The van der Waals surface area contributed by atoms with Crippen LogP contribution in [0.3, 0.4) is 0 Å². The molecule has 0 fully saturated rings. The van der Waals surface area contributed by atoms with Gasteiger partial charge in [0.15, 0.2) is 6.61 Å². The van der Waals surface area contributed by atoms with Crippen molar-refractivity contribution >= 4 is 23.2 Å². The molecule has 0 saturated heterocycles. The van der Waals surface area contributed by atoms with E-state index in [1.807, 2.05) is 36.4 Å². The van der Waals surface area contributed by atoms with Gasteiger partial charge in [0.25, 0.3) is 5.91 Å². The predicted molar refractivity (Wildman–Crippen MR) is 147 cm³/mol. The number of methoxy groups -OCH3 is 1. The summed E-state index contributed by atoms with van der Waals surface area (Å²) < 4.78 is 22.3. The molecular weight excluding hydrogens is 484 g/mol. The summed E-state index contributed by atoms with van der Waals surface area (Å²) >= 11 is 0. The summed E-state index contributed by atoms with van der Waals surface area (Å²) in [6.07, 6.45) is 2.52. The molecule has 1 N–H and O–H groups in total. The summed E-state index contributed by atoms with van der Waals surface area (Å²) in [6.45, 7) is 3.50. The summed E-state index contributed by atoms with van der Waals surface area (Å²) in [7, 11) is 1.61. The number of amides is 2. The quantitative estimate of drug-likeness (QED) is 0.311. The van der Waals surface area contributed by atoms with Crippen molar-refractivity contribution < 1.29 is 28.5 Å². The number of hydrogen-bond donors (Lipinski definition) is 1. The van der Waals surface area contributed by atoms with Crippen molar-refractivity contribution in [1.29, 1.82) is 0 Å². The molecule has 200 valence electrons. The van der Waals surface area contributed by atoms with Crippen LogP contribution < -0.4 is 29.2 Å². The summed E-state index contributed by atoms with van der Waals surface area (Å²) in [5, 5.41) is 2.91. The fraction of sp³-hybridized carbons (Fsp3) is 0.333. The SMILES string of the molecule is CCc1ccc(OCCCN2C(=O)COc3ccc(NC(=O)CCCOc4ccc(OC)cc4)cc32)cc1. The van der Waals surface area contributed by atoms with Gasteiger partial charge in [0.05, 0.1) is 26.0 Å². The summed E-state index contributed by atoms with van der Waals surface area (Å²) in [5.41, 5.74) is 2.52. The normalized spacial score (nSPS) is 12.4. The van der Waals surface area contributed by atoms with Crippen molar-refractivity contribution in [3.05, 3.63) is 72.3 Å². The highest BCUT2D eigenvalue weighted by molar-refractivity contribution is 5.99. The molecule has 0 aromatic heterocycles. The highest BCUT2D eigenvalue weighted by Gasteiger charge is 2.25. The zero-order valence-corrected chi connectivity index (χ0v) is 21.9. The van der Waals surface area contributed by atoms with Gasteiger partial charge in [-0.3, -0.25) is 9.59 Å². The Bertz CT molecular complexity index is 1210. The molecule has 1 aliphatic rings. The maximum Gasteiger partial charge on any atom is 0.265 e. The third-order valence-corrected chi connectivity index (χ3v) is 6.19. The molecule has 3 aromatic rings. The third kappa shape index (κ3) is 7.41. The van der Waals surface area contributed by atoms with E-state index in [1.54, 1.807) is 30.2 Å². The minimum absolute atomic E-state index is 0.00770. The Morgan fingerprint density at radius 3 is 2.26 bits per heavy atom. The van der Waals surface area contributed by atoms with Crippen LogP contribution in [0.15, 0.2) is 66.7 Å². The smallest absolute Gasteiger partial charge is 0.265 e. The van der Waals surface area contributed by atoms with Crippen LogP contribution in [0.1, 0.15) is 31.7 Å². The third-order valence-electron chi connectivity index (χ3n) is 6.19. The Morgan fingerprint density at radius 2 is 1.58 bits per heavy atom. The molecule has 0 bridgehead atoms. The predicted octanol–water partition coefficient (Wildman–Crippen LogP) is 5.25. The van der Waals surface area contributed by atoms with Crippen LogP contribution in [0.4, 0.5) is 11.4 Å². The Morgan fingerprint density at radius 1 is 0.921 bits per heavy atom. The lowest BCUT2D eigenvalue weighted by atomic mass is 10.2. The summed E-state index contributed by atoms with van der Waals surface area (Å²) in [6, 6.07) is 20.7. The van der Waals surface area contributed by atoms with Gasteiger partial charge in [-0.15, -0.1) is 0 Å². The topological polar surface area (TPSA) is 86.3 Å². The van der Waals surface area contributed by atoms with E-state index < -0.39 is 0 Å². The van der Waals surface area contributed by atoms with Crippen LogP contribution in [-0.4, -0.2) is 45.3 Å². The highest BCUT2D eigenvalue weighted by atomic mass is 16.5. The second-order valence-electron chi connectivity index (χ2n) is 8.89. The van der Waals surface area contributed by atoms with Gasteiger partial charge in [-0.05, 0) is 79.4 Å². The van der Waals surface area contributed by atoms with E-state index in [9.17, 15) is 9.59 Å². The number of hydrogen-bond acceptors (Lipinski definition) is 6. The maximum atomic E-state index is 12.6. The van der Waals surface area contributed by atoms with Gasteiger partial charge in [-0.25, -0.2) is 0 Å². The van der Waals surface area contributed by atoms with Crippen LogP contribution in [0.5, 0.6) is 23.0 Å². The number of rotatable bonds is 13. The second-order valence-corrected chi connectivity index (χ2v) is 8.89. The van der Waals surface area contributed by atoms with E-state index >= 15 is 0 Å². The zero-order chi connectivity index (χ0) is 26.7. The molecule has 0 saturated carbocycles. The number of ether oxygens (including phenoxy) is 4. The van der Waals surface area contributed by atoms with Crippen molar-refractivity contribution in [2.24, 2.45) is 0 Å². The zero-order valence-electron chi connectivity index (χ0n) is 21.9. The molecule has 38 heavy (non-hydrogen) atoms. The Kier molecular flexibility index (Phi) is 9.45. The molecule has 1 aliphatic heterocycles. The first-order valence-electron chi connectivity index (χ1n) is 12.9. The van der Waals surface area contributed by atoms with Gasteiger partial charge in [0, 0.05) is 18.7 Å². The standard InChI is InChI=1S/C30H34N2O6/c1-3-22-7-10-25(11-8-22)37-19-5-17-32-27-20-23(9-16-28(27)38-21-30(32)34)31-29(33)6-4-18-36-26-14-12-24(35-2)13-15-26/h7-16,20H,3-6,17-19,21H2,1-2H3,(H,31,33). The molecule has 2 amide bonds. The van der Waals surface area contributed by atoms with Gasteiger partial charge in [0.1, 0.15) is 23.0 Å². The lowest BCUT2D eigenvalue weighted by Gasteiger charge is -2.30. The lowest BCUT2D eigenvalue weighted by Crippen LogP contribution is -2.39. The Labute approximate surface area is 223 Å². The van der Waals surface area contributed by atoms with Crippen molar-refractivity contribution in [3.8, 4) is 23.0 Å². The van der Waals surface area contributed by atoms with Gasteiger partial charge in [-0.1, -0.05) is 19.1 Å². The van der Waals surface area contributed by atoms with Crippen LogP contribution in [0.2, 0.25) is 0 Å². The monoisotopic (exact) mass is 518 g/mol. The number of carbonyl (C=O) groups excluding carboxylic acids is 2. The number of fused-ring (bicyclic) bond motifs is 1. The van der Waals surface area contributed by atoms with E-state index in [2.05, 4.69) is 24.4 Å². The lowest BCUT2D eigenvalue weighted by molar-refractivity contribution is -0.121. The van der Waals surface area contributed by atoms with E-state index in [4.69, 9.17) is 18.9 Å². The van der Waals surface area contributed by atoms with Crippen LogP contribution in [-0.2, 0) is 16.0 Å². The fourth-order valence-corrected chi connectivity index (χ4v) is 4.08. The van der Waals surface area contributed by atoms with E-state index in [0.29, 0.717) is 56.1 Å². The Hall–Kier alpha value is -4.20. The molecule has 4 rings (SSSR count). The summed E-state index contributed by atoms with van der Waals surface area (Å²) in [5.74, 6) is 2.68. The minimum atomic E-state index is -0.125. The molecule has 0 radical (unpaired) electrons. The summed E-state index contributed by atoms with van der Waals surface area (Å²) in [4.78, 5) is 26.8. The van der Waals surface area contributed by atoms with E-state index in [1.165, 1.54) is 5.56 Å². The van der Waals surface area contributed by atoms with Gasteiger partial charge in [0.2, 0.25) is 5.91 Å². The molecule has 3 aromatic carbocycles. The largest absolute Gasteiger partial charge is 0.497 e. The molecular formula is C30H34N2O6. The number of anilines is 2. The molecule has 0 spiro atoms. The van der Waals surface area contributed by atoms with Crippen molar-refractivity contribution in [1.82, 2.24) is 0 Å². The number of nitrogens with zero attached hydrogens (tertiary/aromatic N) is 1. The molecule has 0 unspecified atom stereocenters. The highest BCUT2D eigenvalue weighted by Crippen LogP contribution is 2.34. The Balaban J connectivity index is 1.25. The number of nitrogens with one attached hydrogen (secondary N) is 1. The van der Waals surface area contributed by atoms with Gasteiger partial charge >= 0.3 is 0 Å². The van der Waals surface area contributed by atoms with Gasteiger partial charge < -0.3 is 29.2 Å². The molecule has 0 atom stereocenters.